The van der Waals surface area contributed by atoms with Crippen molar-refractivity contribution in [3.63, 3.8) is 0 Å². The molecule has 122 valence electrons. The monoisotopic (exact) mass is 315 g/mol. The number of hydrogen-bond donors (Lipinski definition) is 3. The highest BCUT2D eigenvalue weighted by molar-refractivity contribution is 5.87. The Morgan fingerprint density at radius 1 is 1.52 bits per heavy atom. The van der Waals surface area contributed by atoms with E-state index < -0.39 is 5.97 Å². The van der Waals surface area contributed by atoms with E-state index in [0.717, 1.165) is 23.4 Å². The molecular weight excluding hydrogens is 294 g/mol. The number of fused-ring (bicyclic) bond motifs is 1. The maximum absolute atomic E-state index is 11.6. The molecule has 0 aromatic carbocycles. The molecule has 0 bridgehead atoms. The number of hydrogen-bond acceptors (Lipinski definition) is 5. The van der Waals surface area contributed by atoms with Gasteiger partial charge in [0, 0.05) is 43.9 Å². The lowest BCUT2D eigenvalue weighted by molar-refractivity contribution is 0.0681. The zero-order valence-electron chi connectivity index (χ0n) is 13.1. The van der Waals surface area contributed by atoms with Gasteiger partial charge in [-0.05, 0) is 19.1 Å². The largest absolute Gasteiger partial charge is 0.477 e. The first-order valence-corrected chi connectivity index (χ1v) is 7.81. The van der Waals surface area contributed by atoms with Crippen LogP contribution in [0.1, 0.15) is 34.4 Å². The highest BCUT2D eigenvalue weighted by Crippen LogP contribution is 2.20. The summed E-state index contributed by atoms with van der Waals surface area (Å²) in [5, 5.41) is 20.6. The number of aromatic carboxylic acids is 1. The van der Waals surface area contributed by atoms with Crippen molar-refractivity contribution >= 4 is 5.97 Å². The van der Waals surface area contributed by atoms with Gasteiger partial charge in [0.05, 0.1) is 17.9 Å². The van der Waals surface area contributed by atoms with Gasteiger partial charge in [-0.3, -0.25) is 9.67 Å². The van der Waals surface area contributed by atoms with Gasteiger partial charge >= 0.3 is 5.97 Å². The minimum Gasteiger partial charge on any atom is -0.477 e. The third-order valence-electron chi connectivity index (χ3n) is 4.00. The van der Waals surface area contributed by atoms with E-state index in [0.29, 0.717) is 37.9 Å². The molecule has 1 aliphatic rings. The first-order valence-electron chi connectivity index (χ1n) is 7.81. The molecular formula is C16H21N5O2. The van der Waals surface area contributed by atoms with Crippen LogP contribution in [-0.2, 0) is 26.1 Å². The molecule has 1 atom stereocenters. The van der Waals surface area contributed by atoms with Crippen molar-refractivity contribution in [1.82, 2.24) is 25.4 Å². The van der Waals surface area contributed by atoms with Crippen LogP contribution in [0.5, 0.6) is 0 Å². The summed E-state index contributed by atoms with van der Waals surface area (Å²) in [6.07, 6.45) is 2.53. The summed E-state index contributed by atoms with van der Waals surface area (Å²) >= 11 is 0. The molecule has 3 N–H and O–H groups in total. The molecule has 0 fully saturated rings. The van der Waals surface area contributed by atoms with Crippen LogP contribution in [0.25, 0.3) is 0 Å². The van der Waals surface area contributed by atoms with Gasteiger partial charge in [0.2, 0.25) is 0 Å². The average molecular weight is 315 g/mol. The topological polar surface area (TPSA) is 92.1 Å². The van der Waals surface area contributed by atoms with E-state index in [1.54, 1.807) is 10.9 Å². The standard InChI is InChI=1S/C16H21N5O2/c1-11-8-14-13(10-19-11)15(16(22)23)21(20-14)7-6-17-9-12-4-2-3-5-18-12/h2-5,11,17,19H,6-10H2,1H3,(H,22,23)/t11-/m1/s1. The highest BCUT2D eigenvalue weighted by Gasteiger charge is 2.26. The molecule has 0 amide bonds. The van der Waals surface area contributed by atoms with E-state index in [2.05, 4.69) is 27.6 Å². The molecule has 0 saturated carbocycles. The van der Waals surface area contributed by atoms with Crippen molar-refractivity contribution in [2.24, 2.45) is 0 Å². The number of carboxylic acid groups (broad SMARTS) is 1. The maximum Gasteiger partial charge on any atom is 0.354 e. The Morgan fingerprint density at radius 3 is 3.13 bits per heavy atom. The molecule has 7 heteroatoms. The molecule has 0 unspecified atom stereocenters. The fourth-order valence-corrected chi connectivity index (χ4v) is 2.84. The predicted molar refractivity (Wildman–Crippen MR) is 85.1 cm³/mol. The van der Waals surface area contributed by atoms with E-state index in [1.165, 1.54) is 0 Å². The number of rotatable bonds is 6. The van der Waals surface area contributed by atoms with Gasteiger partial charge in [0.15, 0.2) is 5.69 Å². The molecule has 0 spiro atoms. The third kappa shape index (κ3) is 3.57. The van der Waals surface area contributed by atoms with Crippen LogP contribution < -0.4 is 10.6 Å². The van der Waals surface area contributed by atoms with Crippen LogP contribution in [-0.4, -0.2) is 38.4 Å². The normalized spacial score (nSPS) is 17.0. The van der Waals surface area contributed by atoms with Gasteiger partial charge in [-0.25, -0.2) is 4.79 Å². The fraction of sp³-hybridized carbons (Fsp3) is 0.438. The van der Waals surface area contributed by atoms with Crippen molar-refractivity contribution in [3.05, 3.63) is 47.0 Å². The lowest BCUT2D eigenvalue weighted by atomic mass is 10.0. The maximum atomic E-state index is 11.6. The highest BCUT2D eigenvalue weighted by atomic mass is 16.4. The summed E-state index contributed by atoms with van der Waals surface area (Å²) < 4.78 is 1.61. The van der Waals surface area contributed by atoms with Gasteiger partial charge in [-0.2, -0.15) is 5.10 Å². The number of nitrogens with zero attached hydrogens (tertiary/aromatic N) is 3. The minimum absolute atomic E-state index is 0.305. The van der Waals surface area contributed by atoms with Gasteiger partial charge in [-0.15, -0.1) is 0 Å². The number of carbonyl (C=O) groups is 1. The third-order valence-corrected chi connectivity index (χ3v) is 4.00. The van der Waals surface area contributed by atoms with Crippen molar-refractivity contribution in [2.45, 2.75) is 39.0 Å². The molecule has 3 rings (SSSR count). The SMILES string of the molecule is C[C@@H]1Cc2nn(CCNCc3ccccn3)c(C(=O)O)c2CN1. The number of carboxylic acids is 1. The second-order valence-corrected chi connectivity index (χ2v) is 5.79. The van der Waals surface area contributed by atoms with E-state index in [1.807, 2.05) is 18.2 Å². The van der Waals surface area contributed by atoms with Crippen LogP contribution in [0.4, 0.5) is 0 Å². The lowest BCUT2D eigenvalue weighted by Crippen LogP contribution is -2.33. The quantitative estimate of drug-likeness (QED) is 0.683. The van der Waals surface area contributed by atoms with Gasteiger partial charge in [0.25, 0.3) is 0 Å². The van der Waals surface area contributed by atoms with E-state index in [4.69, 9.17) is 0 Å². The van der Waals surface area contributed by atoms with Gasteiger partial charge < -0.3 is 15.7 Å². The average Bonchev–Trinajstić information content (AvgIpc) is 2.90. The zero-order valence-corrected chi connectivity index (χ0v) is 13.1. The Labute approximate surface area is 134 Å². The summed E-state index contributed by atoms with van der Waals surface area (Å²) in [5.74, 6) is -0.917. The summed E-state index contributed by atoms with van der Waals surface area (Å²) in [4.78, 5) is 15.8. The summed E-state index contributed by atoms with van der Waals surface area (Å²) in [5.41, 5.74) is 2.99. The van der Waals surface area contributed by atoms with Crippen LogP contribution in [0.15, 0.2) is 24.4 Å². The molecule has 2 aromatic heterocycles. The summed E-state index contributed by atoms with van der Waals surface area (Å²) in [6.45, 7) is 4.47. The molecule has 0 aliphatic carbocycles. The molecule has 23 heavy (non-hydrogen) atoms. The van der Waals surface area contributed by atoms with Crippen molar-refractivity contribution in [3.8, 4) is 0 Å². The van der Waals surface area contributed by atoms with Crippen LogP contribution in [0.2, 0.25) is 0 Å². The predicted octanol–water partition coefficient (Wildman–Crippen LogP) is 0.800. The summed E-state index contributed by atoms with van der Waals surface area (Å²) in [7, 11) is 0. The molecule has 3 heterocycles. The molecule has 0 saturated heterocycles. The zero-order chi connectivity index (χ0) is 16.2. The number of aromatic nitrogens is 3. The molecule has 0 radical (unpaired) electrons. The lowest BCUT2D eigenvalue weighted by Gasteiger charge is -2.18. The first-order chi connectivity index (χ1) is 11.1. The van der Waals surface area contributed by atoms with Crippen molar-refractivity contribution < 1.29 is 9.90 Å². The minimum atomic E-state index is -0.917. The summed E-state index contributed by atoms with van der Waals surface area (Å²) in [6, 6.07) is 6.11. The van der Waals surface area contributed by atoms with E-state index in [-0.39, 0.29) is 0 Å². The Morgan fingerprint density at radius 2 is 2.39 bits per heavy atom. The smallest absolute Gasteiger partial charge is 0.354 e. The molecule has 7 nitrogen and oxygen atoms in total. The van der Waals surface area contributed by atoms with Crippen molar-refractivity contribution in [1.29, 1.82) is 0 Å². The second-order valence-electron chi connectivity index (χ2n) is 5.79. The number of nitrogens with one attached hydrogen (secondary N) is 2. The number of pyridine rings is 1. The fourth-order valence-electron chi connectivity index (χ4n) is 2.84. The Balaban J connectivity index is 1.64. The Kier molecular flexibility index (Phi) is 4.68. The van der Waals surface area contributed by atoms with Crippen LogP contribution >= 0.6 is 0 Å². The first kappa shape index (κ1) is 15.6. The van der Waals surface area contributed by atoms with Gasteiger partial charge in [0.1, 0.15) is 0 Å². The Bertz CT molecular complexity index is 683. The molecule has 2 aromatic rings. The van der Waals surface area contributed by atoms with Crippen LogP contribution in [0.3, 0.4) is 0 Å². The van der Waals surface area contributed by atoms with Crippen molar-refractivity contribution in [2.75, 3.05) is 6.54 Å². The van der Waals surface area contributed by atoms with E-state index in [9.17, 15) is 9.90 Å². The Hall–Kier alpha value is -2.25. The van der Waals surface area contributed by atoms with E-state index >= 15 is 0 Å². The second kappa shape index (κ2) is 6.89. The van der Waals surface area contributed by atoms with Crippen LogP contribution in [0, 0.1) is 0 Å². The molecule has 1 aliphatic heterocycles. The van der Waals surface area contributed by atoms with Gasteiger partial charge in [-0.1, -0.05) is 6.07 Å².